The molecule has 0 bridgehead atoms. The summed E-state index contributed by atoms with van der Waals surface area (Å²) in [6.07, 6.45) is 3.56. The standard InChI is InChI=1S/C42H48Si/c1-27-25-37-33(29-17-21-31(22-18-29)41(3,4)5)13-11-15-35(37)39(27)43(9,10)40-28(2)26-38-34(14-12-16-36(38)40)30-19-23-32(24-20-30)42(6,7)8/h11-25,39H,26H2,1-10H3. The van der Waals surface area contributed by atoms with E-state index in [1.807, 2.05) is 0 Å². The van der Waals surface area contributed by atoms with Crippen LogP contribution < -0.4 is 0 Å². The van der Waals surface area contributed by atoms with Crippen molar-refractivity contribution >= 4 is 19.3 Å². The SMILES string of the molecule is CC1=Cc2c(-c3ccc(C(C)(C)C)cc3)cccc2C1[Si](C)(C)C1=C(C)Cc2c1cccc2-c1ccc(C(C)(C)C)cc1. The Morgan fingerprint density at radius 3 is 1.65 bits per heavy atom. The van der Waals surface area contributed by atoms with Crippen LogP contribution in [0, 0.1) is 0 Å². The first-order valence-corrected chi connectivity index (χ1v) is 19.1. The van der Waals surface area contributed by atoms with E-state index in [1.165, 1.54) is 61.2 Å². The van der Waals surface area contributed by atoms with E-state index >= 15 is 0 Å². The van der Waals surface area contributed by atoms with Crippen molar-refractivity contribution < 1.29 is 0 Å². The first-order chi connectivity index (χ1) is 20.2. The summed E-state index contributed by atoms with van der Waals surface area (Å²) in [7, 11) is -1.97. The molecule has 0 radical (unpaired) electrons. The third-order valence-electron chi connectivity index (χ3n) is 10.1. The maximum atomic E-state index is 2.62. The van der Waals surface area contributed by atoms with E-state index in [2.05, 4.69) is 159 Å². The zero-order valence-electron chi connectivity index (χ0n) is 27.9. The molecule has 0 spiro atoms. The van der Waals surface area contributed by atoms with Crippen LogP contribution in [0.4, 0.5) is 0 Å². The van der Waals surface area contributed by atoms with E-state index in [0.717, 1.165) is 6.42 Å². The van der Waals surface area contributed by atoms with Crippen LogP contribution in [0.1, 0.15) is 94.3 Å². The molecule has 1 atom stereocenters. The fourth-order valence-electron chi connectivity index (χ4n) is 7.97. The smallest absolute Gasteiger partial charge is 0.0690 e. The minimum absolute atomic E-state index is 0.160. The van der Waals surface area contributed by atoms with Crippen molar-refractivity contribution in [1.29, 1.82) is 0 Å². The van der Waals surface area contributed by atoms with Gasteiger partial charge in [0.15, 0.2) is 0 Å². The Balaban J connectivity index is 1.39. The van der Waals surface area contributed by atoms with Gasteiger partial charge in [-0.25, -0.2) is 0 Å². The first-order valence-electron chi connectivity index (χ1n) is 16.0. The maximum Gasteiger partial charge on any atom is 0.0930 e. The quantitative estimate of drug-likeness (QED) is 0.211. The molecule has 0 aromatic heterocycles. The van der Waals surface area contributed by atoms with Crippen LogP contribution >= 0.6 is 0 Å². The highest BCUT2D eigenvalue weighted by molar-refractivity contribution is 6.96. The molecule has 1 heteroatoms. The highest BCUT2D eigenvalue weighted by Crippen LogP contribution is 2.52. The summed E-state index contributed by atoms with van der Waals surface area (Å²) in [4.78, 5) is 0. The summed E-state index contributed by atoms with van der Waals surface area (Å²) in [5, 5.41) is 1.67. The van der Waals surface area contributed by atoms with Crippen molar-refractivity contribution in [3.63, 3.8) is 0 Å². The number of allylic oxidation sites excluding steroid dienone is 2. The van der Waals surface area contributed by atoms with Gasteiger partial charge in [-0.1, -0.05) is 162 Å². The zero-order chi connectivity index (χ0) is 30.9. The van der Waals surface area contributed by atoms with E-state index in [0.29, 0.717) is 5.54 Å². The molecule has 2 aliphatic carbocycles. The lowest BCUT2D eigenvalue weighted by Gasteiger charge is -2.35. The van der Waals surface area contributed by atoms with E-state index in [4.69, 9.17) is 0 Å². The van der Waals surface area contributed by atoms with Crippen LogP contribution in [-0.2, 0) is 17.3 Å². The second kappa shape index (κ2) is 10.3. The number of rotatable bonds is 4. The summed E-state index contributed by atoms with van der Waals surface area (Å²) < 4.78 is 0. The molecule has 43 heavy (non-hydrogen) atoms. The minimum atomic E-state index is -1.97. The maximum absolute atomic E-state index is 2.62. The van der Waals surface area contributed by atoms with Gasteiger partial charge in [0.1, 0.15) is 0 Å². The first kappa shape index (κ1) is 29.6. The predicted molar refractivity (Wildman–Crippen MR) is 191 cm³/mol. The van der Waals surface area contributed by atoms with Crippen molar-refractivity contribution in [2.24, 2.45) is 0 Å². The van der Waals surface area contributed by atoms with Gasteiger partial charge < -0.3 is 0 Å². The van der Waals surface area contributed by atoms with E-state index in [1.54, 1.807) is 10.8 Å². The van der Waals surface area contributed by atoms with Gasteiger partial charge in [-0.05, 0) is 86.7 Å². The molecule has 0 saturated carbocycles. The highest BCUT2D eigenvalue weighted by atomic mass is 28.3. The average Bonchev–Trinajstić information content (AvgIpc) is 3.48. The summed E-state index contributed by atoms with van der Waals surface area (Å²) in [6, 6.07) is 32.6. The Hall–Kier alpha value is -3.42. The second-order valence-corrected chi connectivity index (χ2v) is 20.2. The Labute approximate surface area is 261 Å². The molecular formula is C42H48Si. The Morgan fingerprint density at radius 1 is 0.605 bits per heavy atom. The molecule has 0 nitrogen and oxygen atoms in total. The molecule has 4 aromatic rings. The zero-order valence-corrected chi connectivity index (χ0v) is 28.9. The van der Waals surface area contributed by atoms with Gasteiger partial charge in [0.05, 0.1) is 8.07 Å². The average molecular weight is 581 g/mol. The molecule has 1 unspecified atom stereocenters. The third kappa shape index (κ3) is 5.10. The van der Waals surface area contributed by atoms with Crippen LogP contribution in [0.2, 0.25) is 13.1 Å². The lowest BCUT2D eigenvalue weighted by molar-refractivity contribution is 0.590. The van der Waals surface area contributed by atoms with Crippen LogP contribution in [0.5, 0.6) is 0 Å². The topological polar surface area (TPSA) is 0 Å². The normalized spacial score (nSPS) is 16.8. The molecule has 0 amide bonds. The highest BCUT2D eigenvalue weighted by Gasteiger charge is 2.44. The van der Waals surface area contributed by atoms with Crippen molar-refractivity contribution in [3.8, 4) is 22.3 Å². The minimum Gasteiger partial charge on any atom is -0.0690 e. The molecule has 4 aromatic carbocycles. The molecule has 0 N–H and O–H groups in total. The molecule has 0 saturated heterocycles. The Bertz CT molecular complexity index is 1760. The summed E-state index contributed by atoms with van der Waals surface area (Å²) in [5.74, 6) is 0. The Kier molecular flexibility index (Phi) is 7.13. The molecule has 2 aliphatic rings. The van der Waals surface area contributed by atoms with Gasteiger partial charge in [-0.2, -0.15) is 0 Å². The third-order valence-corrected chi connectivity index (χ3v) is 14.3. The molecule has 6 rings (SSSR count). The molecular weight excluding hydrogens is 533 g/mol. The van der Waals surface area contributed by atoms with E-state index in [9.17, 15) is 0 Å². The number of benzene rings is 4. The lowest BCUT2D eigenvalue weighted by atomic mass is 9.85. The van der Waals surface area contributed by atoms with Gasteiger partial charge in [0.25, 0.3) is 0 Å². The van der Waals surface area contributed by atoms with Gasteiger partial charge in [0, 0.05) is 5.54 Å². The number of hydrogen-bond donors (Lipinski definition) is 0. The van der Waals surface area contributed by atoms with Crippen LogP contribution in [0.15, 0.2) is 96.1 Å². The van der Waals surface area contributed by atoms with Gasteiger partial charge in [-0.15, -0.1) is 0 Å². The van der Waals surface area contributed by atoms with E-state index < -0.39 is 8.07 Å². The monoisotopic (exact) mass is 580 g/mol. The molecule has 220 valence electrons. The van der Waals surface area contributed by atoms with Crippen LogP contribution in [0.25, 0.3) is 33.5 Å². The van der Waals surface area contributed by atoms with Crippen molar-refractivity contribution in [1.82, 2.24) is 0 Å². The van der Waals surface area contributed by atoms with Crippen molar-refractivity contribution in [3.05, 3.63) is 129 Å². The van der Waals surface area contributed by atoms with Gasteiger partial charge in [0.2, 0.25) is 0 Å². The fraction of sp³-hybridized carbons (Fsp3) is 0.333. The molecule has 0 aliphatic heterocycles. The summed E-state index contributed by atoms with van der Waals surface area (Å²) >= 11 is 0. The van der Waals surface area contributed by atoms with Crippen molar-refractivity contribution in [2.75, 3.05) is 0 Å². The number of fused-ring (bicyclic) bond motifs is 2. The lowest BCUT2D eigenvalue weighted by Crippen LogP contribution is -2.37. The molecule has 0 heterocycles. The fourth-order valence-corrected chi connectivity index (χ4v) is 12.6. The van der Waals surface area contributed by atoms with Gasteiger partial charge >= 0.3 is 0 Å². The largest absolute Gasteiger partial charge is 0.0930 e. The van der Waals surface area contributed by atoms with E-state index in [-0.39, 0.29) is 10.8 Å². The summed E-state index contributed by atoms with van der Waals surface area (Å²) in [5.41, 5.74) is 18.1. The summed E-state index contributed by atoms with van der Waals surface area (Å²) in [6.45, 7) is 23.7. The van der Waals surface area contributed by atoms with Crippen LogP contribution in [-0.4, -0.2) is 8.07 Å². The second-order valence-electron chi connectivity index (χ2n) is 15.7. The van der Waals surface area contributed by atoms with Crippen molar-refractivity contribution in [2.45, 2.75) is 91.3 Å². The van der Waals surface area contributed by atoms with Gasteiger partial charge in [-0.3, -0.25) is 0 Å². The number of hydrogen-bond acceptors (Lipinski definition) is 0. The van der Waals surface area contributed by atoms with Crippen LogP contribution in [0.3, 0.4) is 0 Å². The predicted octanol–water partition coefficient (Wildman–Crippen LogP) is 11.9. The Morgan fingerprint density at radius 2 is 1.09 bits per heavy atom. The molecule has 0 fully saturated rings.